The lowest BCUT2D eigenvalue weighted by Crippen LogP contribution is -2.35. The summed E-state index contributed by atoms with van der Waals surface area (Å²) in [5.41, 5.74) is 2.49. The summed E-state index contributed by atoms with van der Waals surface area (Å²) in [6, 6.07) is 10.2. The molecule has 142 valence electrons. The number of fused-ring (bicyclic) bond motifs is 1. The second-order valence-electron chi connectivity index (χ2n) is 8.02. The molecule has 5 heteroatoms. The minimum Gasteiger partial charge on any atom is -0.351 e. The number of nitrogens with zero attached hydrogens (tertiary/aromatic N) is 4. The van der Waals surface area contributed by atoms with Crippen molar-refractivity contribution in [1.29, 1.82) is 0 Å². The van der Waals surface area contributed by atoms with E-state index < -0.39 is 0 Å². The van der Waals surface area contributed by atoms with Crippen LogP contribution in [0.4, 0.5) is 0 Å². The van der Waals surface area contributed by atoms with E-state index >= 15 is 0 Å². The van der Waals surface area contributed by atoms with Gasteiger partial charge in [-0.05, 0) is 43.0 Å². The van der Waals surface area contributed by atoms with E-state index in [1.54, 1.807) is 0 Å². The zero-order valence-corrected chi connectivity index (χ0v) is 16.8. The Morgan fingerprint density at radius 2 is 2.04 bits per heavy atom. The van der Waals surface area contributed by atoms with Gasteiger partial charge in [-0.2, -0.15) is 0 Å². The number of amidine groups is 1. The number of pyridine rings is 1. The van der Waals surface area contributed by atoms with Gasteiger partial charge in [0.2, 0.25) is 0 Å². The molecule has 0 N–H and O–H groups in total. The first-order chi connectivity index (χ1) is 13.3. The molecule has 0 unspecified atom stereocenters. The first-order valence-electron chi connectivity index (χ1n) is 10.4. The highest BCUT2D eigenvalue weighted by Gasteiger charge is 2.45. The summed E-state index contributed by atoms with van der Waals surface area (Å²) >= 11 is 1.92. The van der Waals surface area contributed by atoms with Crippen LogP contribution in [0.2, 0.25) is 0 Å². The van der Waals surface area contributed by atoms with E-state index in [0.29, 0.717) is 12.1 Å². The number of thioether (sulfide) groups is 1. The quantitative estimate of drug-likeness (QED) is 0.715. The number of hydrogen-bond acceptors (Lipinski definition) is 4. The monoisotopic (exact) mass is 380 g/mol. The summed E-state index contributed by atoms with van der Waals surface area (Å²) < 4.78 is 2.48. The molecule has 0 bridgehead atoms. The molecule has 0 amide bonds. The third-order valence-electron chi connectivity index (χ3n) is 6.40. The maximum atomic E-state index is 5.13. The highest BCUT2D eigenvalue weighted by molar-refractivity contribution is 8.14. The van der Waals surface area contributed by atoms with E-state index in [2.05, 4.69) is 52.0 Å². The van der Waals surface area contributed by atoms with Gasteiger partial charge in [-0.1, -0.05) is 44.0 Å². The van der Waals surface area contributed by atoms with Gasteiger partial charge in [0.25, 0.3) is 0 Å². The van der Waals surface area contributed by atoms with Crippen molar-refractivity contribution in [3.63, 3.8) is 0 Å². The van der Waals surface area contributed by atoms with Gasteiger partial charge in [-0.15, -0.1) is 0 Å². The summed E-state index contributed by atoms with van der Waals surface area (Å²) in [5, 5.41) is 1.22. The van der Waals surface area contributed by atoms with Crippen molar-refractivity contribution in [2.24, 2.45) is 4.99 Å². The van der Waals surface area contributed by atoms with Crippen molar-refractivity contribution >= 4 is 16.9 Å². The predicted molar refractivity (Wildman–Crippen MR) is 112 cm³/mol. The first-order valence-corrected chi connectivity index (χ1v) is 11.4. The van der Waals surface area contributed by atoms with Crippen LogP contribution in [0, 0.1) is 0 Å². The zero-order chi connectivity index (χ0) is 18.2. The standard InChI is InChI=1S/C22H28N4S/c1-2-17-15-27-22-24-20(19-10-6-7-12-23-19)21(26(17)22)16-11-13-25(14-16)18-8-4-3-5-9-18/h6-7,10-14,17-18,20-21H,2-5,8-9,15H2,1H3/t17-,20+,21+/m0/s1. The molecule has 2 aromatic rings. The Kier molecular flexibility index (Phi) is 4.72. The minimum atomic E-state index is 0.102. The van der Waals surface area contributed by atoms with E-state index in [0.717, 1.165) is 11.4 Å². The number of rotatable bonds is 4. The van der Waals surface area contributed by atoms with Crippen LogP contribution in [0.5, 0.6) is 0 Å². The fourth-order valence-electron chi connectivity index (χ4n) is 4.92. The smallest absolute Gasteiger partial charge is 0.160 e. The fraction of sp³-hybridized carbons (Fsp3) is 0.545. The molecule has 3 aliphatic rings. The van der Waals surface area contributed by atoms with Crippen LogP contribution in [0.1, 0.15) is 74.8 Å². The Hall–Kier alpha value is -1.75. The molecule has 0 aromatic carbocycles. The third kappa shape index (κ3) is 3.10. The molecule has 1 saturated carbocycles. The molecular weight excluding hydrogens is 352 g/mol. The maximum absolute atomic E-state index is 5.13. The van der Waals surface area contributed by atoms with Crippen molar-refractivity contribution in [2.45, 2.75) is 69.6 Å². The van der Waals surface area contributed by atoms with E-state index in [4.69, 9.17) is 4.99 Å². The highest BCUT2D eigenvalue weighted by Crippen LogP contribution is 2.48. The second kappa shape index (κ2) is 7.34. The van der Waals surface area contributed by atoms with Gasteiger partial charge in [0.1, 0.15) is 6.04 Å². The Balaban J connectivity index is 1.50. The van der Waals surface area contributed by atoms with Crippen LogP contribution in [0.25, 0.3) is 0 Å². The number of aliphatic imine (C=N–C) groups is 1. The Bertz CT molecular complexity index is 809. The lowest BCUT2D eigenvalue weighted by Gasteiger charge is -2.31. The van der Waals surface area contributed by atoms with Crippen LogP contribution in [0.15, 0.2) is 47.8 Å². The largest absolute Gasteiger partial charge is 0.351 e. The first kappa shape index (κ1) is 17.4. The number of hydrogen-bond donors (Lipinski definition) is 0. The average molecular weight is 381 g/mol. The molecule has 2 aliphatic heterocycles. The van der Waals surface area contributed by atoms with Gasteiger partial charge >= 0.3 is 0 Å². The summed E-state index contributed by atoms with van der Waals surface area (Å²) in [7, 11) is 0. The van der Waals surface area contributed by atoms with E-state index in [-0.39, 0.29) is 12.1 Å². The van der Waals surface area contributed by atoms with Crippen molar-refractivity contribution in [1.82, 2.24) is 14.5 Å². The second-order valence-corrected chi connectivity index (χ2v) is 9.01. The van der Waals surface area contributed by atoms with Crippen molar-refractivity contribution < 1.29 is 0 Å². The molecule has 27 heavy (non-hydrogen) atoms. The molecule has 0 radical (unpaired) electrons. The zero-order valence-electron chi connectivity index (χ0n) is 16.0. The molecule has 1 saturated heterocycles. The van der Waals surface area contributed by atoms with Gasteiger partial charge < -0.3 is 9.47 Å². The van der Waals surface area contributed by atoms with Crippen molar-refractivity contribution in [3.05, 3.63) is 54.1 Å². The topological polar surface area (TPSA) is 33.4 Å². The molecule has 4 heterocycles. The summed E-state index contributed by atoms with van der Waals surface area (Å²) in [6.45, 7) is 2.30. The predicted octanol–water partition coefficient (Wildman–Crippen LogP) is 5.37. The Morgan fingerprint density at radius 3 is 2.81 bits per heavy atom. The molecule has 2 aromatic heterocycles. The molecule has 2 fully saturated rings. The van der Waals surface area contributed by atoms with Crippen molar-refractivity contribution in [3.8, 4) is 0 Å². The van der Waals surface area contributed by atoms with Gasteiger partial charge in [0, 0.05) is 36.4 Å². The Labute approximate surface area is 166 Å². The van der Waals surface area contributed by atoms with Gasteiger partial charge in [-0.3, -0.25) is 9.98 Å². The lowest BCUT2D eigenvalue weighted by molar-refractivity contribution is 0.254. The average Bonchev–Trinajstić information content (AvgIpc) is 3.44. The van der Waals surface area contributed by atoms with Crippen LogP contribution in [-0.2, 0) is 0 Å². The van der Waals surface area contributed by atoms with Crippen LogP contribution in [-0.4, -0.2) is 31.4 Å². The number of aromatic nitrogens is 2. The maximum Gasteiger partial charge on any atom is 0.160 e. The molecule has 3 atom stereocenters. The van der Waals surface area contributed by atoms with Gasteiger partial charge in [-0.25, -0.2) is 0 Å². The lowest BCUT2D eigenvalue weighted by atomic mass is 9.95. The van der Waals surface area contributed by atoms with E-state index in [9.17, 15) is 0 Å². The van der Waals surface area contributed by atoms with Crippen molar-refractivity contribution in [2.75, 3.05) is 5.75 Å². The summed E-state index contributed by atoms with van der Waals surface area (Å²) in [6.07, 6.45) is 14.6. The van der Waals surface area contributed by atoms with Gasteiger partial charge in [0.05, 0.1) is 11.7 Å². The molecular formula is C22H28N4S. The normalized spacial score (nSPS) is 28.4. The van der Waals surface area contributed by atoms with Crippen LogP contribution in [0.3, 0.4) is 0 Å². The van der Waals surface area contributed by atoms with Crippen LogP contribution < -0.4 is 0 Å². The summed E-state index contributed by atoms with van der Waals surface area (Å²) in [4.78, 5) is 12.4. The fourth-order valence-corrected chi connectivity index (χ4v) is 6.26. The molecule has 5 rings (SSSR count). The molecule has 1 aliphatic carbocycles. The molecule has 0 spiro atoms. The summed E-state index contributed by atoms with van der Waals surface area (Å²) in [5.74, 6) is 1.16. The highest BCUT2D eigenvalue weighted by atomic mass is 32.2. The van der Waals surface area contributed by atoms with Crippen LogP contribution >= 0.6 is 11.8 Å². The van der Waals surface area contributed by atoms with E-state index in [1.807, 2.05) is 24.0 Å². The minimum absolute atomic E-state index is 0.102. The molecule has 4 nitrogen and oxygen atoms in total. The third-order valence-corrected chi connectivity index (χ3v) is 7.53. The Morgan fingerprint density at radius 1 is 1.15 bits per heavy atom. The SMILES string of the molecule is CC[C@H]1CSC2=N[C@H](c3ccccn3)[C@@H](c3ccn(C4CCCCC4)c3)N21. The van der Waals surface area contributed by atoms with E-state index in [1.165, 1.54) is 49.3 Å². The van der Waals surface area contributed by atoms with Gasteiger partial charge in [0.15, 0.2) is 5.17 Å².